The molecule has 1 rings (SSSR count). The van der Waals surface area contributed by atoms with Gasteiger partial charge in [-0.1, -0.05) is 13.0 Å². The number of hydrogen-bond acceptors (Lipinski definition) is 4. The highest BCUT2D eigenvalue weighted by Gasteiger charge is 2.08. The molecule has 0 fully saturated rings. The normalized spacial score (nSPS) is 11.8. The number of methoxy groups -OCH3 is 2. The predicted octanol–water partition coefficient (Wildman–Crippen LogP) is 1.77. The van der Waals surface area contributed by atoms with Gasteiger partial charge in [0, 0.05) is 13.2 Å². The van der Waals surface area contributed by atoms with Gasteiger partial charge in [0.2, 0.25) is 5.91 Å². The number of aliphatic hydroxyl groups excluding tert-OH is 1. The Hall–Kier alpha value is -1.75. The summed E-state index contributed by atoms with van der Waals surface area (Å²) in [6.07, 6.45) is 2.10. The van der Waals surface area contributed by atoms with Crippen LogP contribution in [0.25, 0.3) is 0 Å². The van der Waals surface area contributed by atoms with Gasteiger partial charge in [-0.05, 0) is 36.5 Å². The Bertz CT molecular complexity index is 448. The molecule has 0 aromatic heterocycles. The van der Waals surface area contributed by atoms with Crippen molar-refractivity contribution in [2.75, 3.05) is 27.4 Å². The van der Waals surface area contributed by atoms with Gasteiger partial charge in [0.15, 0.2) is 11.5 Å². The Kier molecular flexibility index (Phi) is 7.61. The maximum Gasteiger partial charge on any atom is 0.224 e. The van der Waals surface area contributed by atoms with Gasteiger partial charge in [-0.25, -0.2) is 0 Å². The largest absolute Gasteiger partial charge is 0.493 e. The zero-order chi connectivity index (χ0) is 15.7. The van der Waals surface area contributed by atoms with Crippen molar-refractivity contribution >= 4 is 5.91 Å². The van der Waals surface area contributed by atoms with Crippen molar-refractivity contribution in [2.45, 2.75) is 26.2 Å². The lowest BCUT2D eigenvalue weighted by Gasteiger charge is -2.10. The zero-order valence-corrected chi connectivity index (χ0v) is 13.0. The summed E-state index contributed by atoms with van der Waals surface area (Å²) in [4.78, 5) is 11.8. The highest BCUT2D eigenvalue weighted by atomic mass is 16.5. The highest BCUT2D eigenvalue weighted by Crippen LogP contribution is 2.27. The molecule has 1 amide bonds. The molecule has 0 aliphatic rings. The van der Waals surface area contributed by atoms with Gasteiger partial charge in [0.1, 0.15) is 0 Å². The van der Waals surface area contributed by atoms with Crippen LogP contribution in [-0.2, 0) is 11.2 Å². The highest BCUT2D eigenvalue weighted by molar-refractivity contribution is 5.78. The first kappa shape index (κ1) is 17.3. The van der Waals surface area contributed by atoms with E-state index in [0.29, 0.717) is 24.5 Å². The second-order valence-electron chi connectivity index (χ2n) is 5.15. The number of amides is 1. The van der Waals surface area contributed by atoms with Gasteiger partial charge in [-0.15, -0.1) is 0 Å². The van der Waals surface area contributed by atoms with Crippen molar-refractivity contribution in [2.24, 2.45) is 5.92 Å². The summed E-state index contributed by atoms with van der Waals surface area (Å²) in [6, 6.07) is 5.46. The van der Waals surface area contributed by atoms with Gasteiger partial charge < -0.3 is 19.9 Å². The first-order chi connectivity index (χ1) is 10.1. The lowest BCUT2D eigenvalue weighted by molar-refractivity contribution is -0.120. The van der Waals surface area contributed by atoms with Crippen molar-refractivity contribution in [3.8, 4) is 11.5 Å². The van der Waals surface area contributed by atoms with E-state index in [1.807, 2.05) is 19.1 Å². The number of ether oxygens (including phenoxy) is 2. The van der Waals surface area contributed by atoms with Crippen molar-refractivity contribution in [1.82, 2.24) is 5.32 Å². The van der Waals surface area contributed by atoms with Crippen LogP contribution < -0.4 is 14.8 Å². The van der Waals surface area contributed by atoms with Gasteiger partial charge in [0.25, 0.3) is 0 Å². The molecular formula is C16H25NO4. The molecule has 0 aliphatic heterocycles. The number of aliphatic hydroxyl groups is 1. The van der Waals surface area contributed by atoms with E-state index in [4.69, 9.17) is 14.6 Å². The Morgan fingerprint density at radius 1 is 1.29 bits per heavy atom. The minimum atomic E-state index is -0.0149. The maximum absolute atomic E-state index is 11.8. The molecule has 21 heavy (non-hydrogen) atoms. The first-order valence-electron chi connectivity index (χ1n) is 7.19. The van der Waals surface area contributed by atoms with Crippen LogP contribution in [0.4, 0.5) is 0 Å². The molecule has 0 aliphatic carbocycles. The second-order valence-corrected chi connectivity index (χ2v) is 5.15. The molecule has 5 nitrogen and oxygen atoms in total. The number of nitrogens with one attached hydrogen (secondary N) is 1. The Morgan fingerprint density at radius 3 is 2.62 bits per heavy atom. The fourth-order valence-corrected chi connectivity index (χ4v) is 2.01. The SMILES string of the molecule is COc1ccc(CC(=O)NCCCC(C)CO)cc1OC. The topological polar surface area (TPSA) is 67.8 Å². The van der Waals surface area contributed by atoms with Crippen LogP contribution in [-0.4, -0.2) is 38.4 Å². The molecule has 5 heteroatoms. The molecule has 0 radical (unpaired) electrons. The average molecular weight is 295 g/mol. The smallest absolute Gasteiger partial charge is 0.224 e. The molecule has 1 unspecified atom stereocenters. The van der Waals surface area contributed by atoms with E-state index in [1.165, 1.54) is 0 Å². The first-order valence-corrected chi connectivity index (χ1v) is 7.19. The van der Waals surface area contributed by atoms with E-state index in [2.05, 4.69) is 5.32 Å². The molecular weight excluding hydrogens is 270 g/mol. The fraction of sp³-hybridized carbons (Fsp3) is 0.562. The Morgan fingerprint density at radius 2 is 2.00 bits per heavy atom. The molecule has 0 saturated carbocycles. The maximum atomic E-state index is 11.8. The number of carbonyl (C=O) groups excluding carboxylic acids is 1. The molecule has 1 aromatic carbocycles. The third-order valence-corrected chi connectivity index (χ3v) is 3.32. The summed E-state index contributed by atoms with van der Waals surface area (Å²) in [5.74, 6) is 1.55. The third-order valence-electron chi connectivity index (χ3n) is 3.32. The monoisotopic (exact) mass is 295 g/mol. The Labute approximate surface area is 126 Å². The van der Waals surface area contributed by atoms with Crippen LogP contribution >= 0.6 is 0 Å². The van der Waals surface area contributed by atoms with Crippen molar-refractivity contribution in [1.29, 1.82) is 0 Å². The lowest BCUT2D eigenvalue weighted by atomic mass is 10.1. The number of hydrogen-bond donors (Lipinski definition) is 2. The van der Waals surface area contributed by atoms with Gasteiger partial charge in [-0.3, -0.25) is 4.79 Å². The molecule has 2 N–H and O–H groups in total. The fourth-order valence-electron chi connectivity index (χ4n) is 2.01. The average Bonchev–Trinajstić information content (AvgIpc) is 2.51. The minimum Gasteiger partial charge on any atom is -0.493 e. The number of rotatable bonds is 9. The summed E-state index contributed by atoms with van der Waals surface area (Å²) in [6.45, 7) is 2.82. The van der Waals surface area contributed by atoms with Crippen LogP contribution in [0.3, 0.4) is 0 Å². The van der Waals surface area contributed by atoms with E-state index in [0.717, 1.165) is 18.4 Å². The standard InChI is InChI=1S/C16H25NO4/c1-12(11-18)5-4-8-17-16(19)10-13-6-7-14(20-2)15(9-13)21-3/h6-7,9,12,18H,4-5,8,10-11H2,1-3H3,(H,17,19). The van der Waals surface area contributed by atoms with E-state index in [-0.39, 0.29) is 18.4 Å². The lowest BCUT2D eigenvalue weighted by Crippen LogP contribution is -2.26. The quantitative estimate of drug-likeness (QED) is 0.681. The molecule has 0 bridgehead atoms. The summed E-state index contributed by atoms with van der Waals surface area (Å²) in [7, 11) is 3.15. The molecule has 0 saturated heterocycles. The summed E-state index contributed by atoms with van der Waals surface area (Å²) < 4.78 is 10.4. The summed E-state index contributed by atoms with van der Waals surface area (Å²) in [5.41, 5.74) is 0.883. The van der Waals surface area contributed by atoms with E-state index in [1.54, 1.807) is 20.3 Å². The minimum absolute atomic E-state index is 0.0149. The molecule has 1 atom stereocenters. The number of benzene rings is 1. The zero-order valence-electron chi connectivity index (χ0n) is 13.0. The van der Waals surface area contributed by atoms with Crippen LogP contribution in [0.1, 0.15) is 25.3 Å². The number of carbonyl (C=O) groups is 1. The second kappa shape index (κ2) is 9.23. The molecule has 118 valence electrons. The summed E-state index contributed by atoms with van der Waals surface area (Å²) >= 11 is 0. The van der Waals surface area contributed by atoms with Crippen LogP contribution in [0.15, 0.2) is 18.2 Å². The summed E-state index contributed by atoms with van der Waals surface area (Å²) in [5, 5.41) is 11.8. The molecule has 0 spiro atoms. The van der Waals surface area contributed by atoms with Gasteiger partial charge in [-0.2, -0.15) is 0 Å². The molecule has 1 aromatic rings. The van der Waals surface area contributed by atoms with E-state index < -0.39 is 0 Å². The van der Waals surface area contributed by atoms with Crippen molar-refractivity contribution < 1.29 is 19.4 Å². The van der Waals surface area contributed by atoms with E-state index in [9.17, 15) is 4.79 Å². The van der Waals surface area contributed by atoms with Crippen LogP contribution in [0.5, 0.6) is 11.5 Å². The van der Waals surface area contributed by atoms with Crippen molar-refractivity contribution in [3.05, 3.63) is 23.8 Å². The predicted molar refractivity (Wildman–Crippen MR) is 81.7 cm³/mol. The van der Waals surface area contributed by atoms with E-state index >= 15 is 0 Å². The molecule has 0 heterocycles. The van der Waals surface area contributed by atoms with Gasteiger partial charge >= 0.3 is 0 Å². The van der Waals surface area contributed by atoms with Crippen molar-refractivity contribution in [3.63, 3.8) is 0 Å². The van der Waals surface area contributed by atoms with Crippen LogP contribution in [0.2, 0.25) is 0 Å². The Balaban J connectivity index is 2.41. The van der Waals surface area contributed by atoms with Gasteiger partial charge in [0.05, 0.1) is 20.6 Å². The third kappa shape index (κ3) is 6.04. The van der Waals surface area contributed by atoms with Crippen LogP contribution in [0, 0.1) is 5.92 Å².